The maximum Gasteiger partial charge on any atom is 0.407 e. The lowest BCUT2D eigenvalue weighted by atomic mass is 9.86. The standard InChI is InChI=1S/C47H54N8O6S/c1-30-10-15-37(16-11-30)62(59,60)55-23-20-38-40(28-51(4)44(56)42(38)55)34-12-17-41-39(24-34)43(47(29-48,61-36-13-14-36)35-8-6-5-7-9-35)50-45(49-41)52-21-18-33(19-22-52)27-53-25-32(3)54(46(57)58)26-31(53)2/h5-12,15-17,20,23-24,28,31-33,36H,13-14,18-19,21-22,25-27,29,48H2,1-4H3,(H,57,58)/t31-,32+,47?/m0/s1. The summed E-state index contributed by atoms with van der Waals surface area (Å²) in [5.41, 5.74) is 9.97. The number of carboxylic acid groups (broad SMARTS) is 1. The SMILES string of the molecule is Cc1ccc(S(=O)(=O)n2ccc3c(-c4ccc5nc(N6CCC(CN7C[C@@H](C)N(C(=O)O)C[C@@H]7C)CC6)nc(C(CN)(OC6CC6)c6ccccc6)c5c4)cn(C)c(=O)c32)cc1. The van der Waals surface area contributed by atoms with Gasteiger partial charge in [-0.3, -0.25) is 9.69 Å². The topological polar surface area (TPSA) is 169 Å². The highest BCUT2D eigenvalue weighted by molar-refractivity contribution is 7.90. The number of rotatable bonds is 11. The highest BCUT2D eigenvalue weighted by atomic mass is 32.2. The zero-order chi connectivity index (χ0) is 43.5. The van der Waals surface area contributed by atoms with Crippen LogP contribution in [0, 0.1) is 12.8 Å². The van der Waals surface area contributed by atoms with Gasteiger partial charge in [-0.25, -0.2) is 27.2 Å². The lowest BCUT2D eigenvalue weighted by molar-refractivity contribution is -0.0258. The monoisotopic (exact) mass is 858 g/mol. The third kappa shape index (κ3) is 7.54. The van der Waals surface area contributed by atoms with Crippen molar-refractivity contribution >= 4 is 43.9 Å². The molecule has 1 amide bonds. The second-order valence-corrected chi connectivity index (χ2v) is 19.3. The zero-order valence-electron chi connectivity index (χ0n) is 35.6. The van der Waals surface area contributed by atoms with Crippen LogP contribution >= 0.6 is 0 Å². The first-order valence-electron chi connectivity index (χ1n) is 21.5. The van der Waals surface area contributed by atoms with Crippen molar-refractivity contribution in [3.05, 3.63) is 118 Å². The van der Waals surface area contributed by atoms with Gasteiger partial charge in [0.2, 0.25) is 5.95 Å². The average Bonchev–Trinajstić information content (AvgIpc) is 3.98. The molecule has 324 valence electrons. The van der Waals surface area contributed by atoms with Crippen LogP contribution in [0.5, 0.6) is 0 Å². The number of aryl methyl sites for hydroxylation is 2. The Bertz CT molecular complexity index is 2820. The van der Waals surface area contributed by atoms with E-state index in [2.05, 4.69) is 16.7 Å². The molecule has 2 saturated heterocycles. The van der Waals surface area contributed by atoms with Gasteiger partial charge in [-0.1, -0.05) is 54.1 Å². The summed E-state index contributed by atoms with van der Waals surface area (Å²) in [6, 6.07) is 24.3. The maximum absolute atomic E-state index is 14.0. The Morgan fingerprint density at radius 3 is 2.32 bits per heavy atom. The summed E-state index contributed by atoms with van der Waals surface area (Å²) in [4.78, 5) is 42.5. The van der Waals surface area contributed by atoms with Gasteiger partial charge in [0, 0.05) is 87.1 Å². The first-order valence-corrected chi connectivity index (χ1v) is 23.0. The number of fused-ring (bicyclic) bond motifs is 2. The minimum absolute atomic E-state index is 0.0205. The van der Waals surface area contributed by atoms with E-state index < -0.39 is 27.3 Å². The van der Waals surface area contributed by atoms with Crippen LogP contribution in [-0.4, -0.2) is 105 Å². The Labute approximate surface area is 361 Å². The van der Waals surface area contributed by atoms with E-state index in [-0.39, 0.29) is 35.1 Å². The van der Waals surface area contributed by atoms with Gasteiger partial charge in [-0.2, -0.15) is 0 Å². The molecule has 15 heteroatoms. The predicted molar refractivity (Wildman–Crippen MR) is 240 cm³/mol. The normalized spacial score (nSPS) is 20.2. The Morgan fingerprint density at radius 1 is 0.919 bits per heavy atom. The van der Waals surface area contributed by atoms with Crippen LogP contribution in [0.1, 0.15) is 56.4 Å². The number of carbonyl (C=O) groups is 1. The van der Waals surface area contributed by atoms with Gasteiger partial charge in [0.15, 0.2) is 0 Å². The molecule has 3 aromatic carbocycles. The molecule has 1 saturated carbocycles. The van der Waals surface area contributed by atoms with Gasteiger partial charge in [0.05, 0.1) is 22.2 Å². The number of aromatic nitrogens is 4. The maximum atomic E-state index is 14.0. The minimum Gasteiger partial charge on any atom is -0.465 e. The van der Waals surface area contributed by atoms with Crippen LogP contribution in [-0.2, 0) is 27.4 Å². The van der Waals surface area contributed by atoms with Crippen molar-refractivity contribution in [2.75, 3.05) is 44.2 Å². The summed E-state index contributed by atoms with van der Waals surface area (Å²) in [5, 5.41) is 10.9. The molecule has 0 bridgehead atoms. The molecule has 9 rings (SSSR count). The van der Waals surface area contributed by atoms with Gasteiger partial charge >= 0.3 is 6.09 Å². The van der Waals surface area contributed by atoms with Crippen LogP contribution < -0.4 is 16.2 Å². The Morgan fingerprint density at radius 2 is 1.65 bits per heavy atom. The van der Waals surface area contributed by atoms with Crippen LogP contribution in [0.15, 0.2) is 101 Å². The van der Waals surface area contributed by atoms with Crippen LogP contribution in [0.2, 0.25) is 0 Å². The first kappa shape index (κ1) is 41.7. The molecule has 5 heterocycles. The third-order valence-electron chi connectivity index (χ3n) is 13.1. The number of nitrogens with two attached hydrogens (primary N) is 1. The van der Waals surface area contributed by atoms with E-state index in [1.807, 2.05) is 62.4 Å². The summed E-state index contributed by atoms with van der Waals surface area (Å²) in [7, 11) is -2.46. The Hall–Kier alpha value is -5.61. The van der Waals surface area contributed by atoms with Gasteiger partial charge in [0.25, 0.3) is 15.6 Å². The molecule has 3 aromatic heterocycles. The molecule has 14 nitrogen and oxygen atoms in total. The number of nitrogens with zero attached hydrogens (tertiary/aromatic N) is 7. The smallest absolute Gasteiger partial charge is 0.407 e. The first-order chi connectivity index (χ1) is 29.8. The van der Waals surface area contributed by atoms with Crippen molar-refractivity contribution < 1.29 is 23.1 Å². The van der Waals surface area contributed by atoms with E-state index in [4.69, 9.17) is 20.4 Å². The largest absolute Gasteiger partial charge is 0.465 e. The van der Waals surface area contributed by atoms with E-state index in [0.29, 0.717) is 40.6 Å². The molecular weight excluding hydrogens is 805 g/mol. The van der Waals surface area contributed by atoms with Crippen molar-refractivity contribution in [3.8, 4) is 11.1 Å². The van der Waals surface area contributed by atoms with Crippen molar-refractivity contribution in [3.63, 3.8) is 0 Å². The fourth-order valence-corrected chi connectivity index (χ4v) is 10.7. The summed E-state index contributed by atoms with van der Waals surface area (Å²) < 4.78 is 37.5. The highest BCUT2D eigenvalue weighted by Crippen LogP contribution is 2.43. The number of piperazine rings is 1. The third-order valence-corrected chi connectivity index (χ3v) is 14.8. The predicted octanol–water partition coefficient (Wildman–Crippen LogP) is 6.17. The lowest BCUT2D eigenvalue weighted by Gasteiger charge is -2.45. The molecule has 3 atom stereocenters. The number of hydrogen-bond acceptors (Lipinski definition) is 10. The van der Waals surface area contributed by atoms with Crippen LogP contribution in [0.3, 0.4) is 0 Å². The molecule has 1 unspecified atom stereocenters. The molecule has 3 fully saturated rings. The van der Waals surface area contributed by atoms with Gasteiger partial charge in [0.1, 0.15) is 11.1 Å². The van der Waals surface area contributed by atoms with Gasteiger partial charge < -0.3 is 29.9 Å². The van der Waals surface area contributed by atoms with Crippen LogP contribution in [0.25, 0.3) is 32.9 Å². The van der Waals surface area contributed by atoms with E-state index in [9.17, 15) is 23.1 Å². The second kappa shape index (κ2) is 16.3. The Balaban J connectivity index is 1.12. The number of amides is 1. The molecule has 1 aliphatic carbocycles. The highest BCUT2D eigenvalue weighted by Gasteiger charge is 2.43. The van der Waals surface area contributed by atoms with E-state index in [1.165, 1.54) is 10.8 Å². The Kier molecular flexibility index (Phi) is 10.9. The van der Waals surface area contributed by atoms with Crippen molar-refractivity contribution in [1.29, 1.82) is 0 Å². The van der Waals surface area contributed by atoms with Crippen molar-refractivity contribution in [2.45, 2.75) is 75.1 Å². The fraction of sp³-hybridized carbons (Fsp3) is 0.404. The molecule has 3 N–H and O–H groups in total. The van der Waals surface area contributed by atoms with E-state index in [1.54, 1.807) is 48.5 Å². The van der Waals surface area contributed by atoms with Crippen molar-refractivity contribution in [1.82, 2.24) is 28.3 Å². The molecule has 0 spiro atoms. The molecule has 2 aliphatic heterocycles. The molecule has 0 radical (unpaired) electrons. The number of ether oxygens (including phenoxy) is 1. The summed E-state index contributed by atoms with van der Waals surface area (Å²) >= 11 is 0. The number of anilines is 1. The molecule has 62 heavy (non-hydrogen) atoms. The quantitative estimate of drug-likeness (QED) is 0.153. The minimum atomic E-state index is -4.09. The van der Waals surface area contributed by atoms with E-state index in [0.717, 1.165) is 77.9 Å². The number of piperidine rings is 1. The molecule has 6 aromatic rings. The average molecular weight is 859 g/mol. The number of benzene rings is 3. The van der Waals surface area contributed by atoms with Crippen molar-refractivity contribution in [2.24, 2.45) is 18.7 Å². The fourth-order valence-electron chi connectivity index (χ4n) is 9.38. The summed E-state index contributed by atoms with van der Waals surface area (Å²) in [6.07, 6.45) is 6.09. The second-order valence-electron chi connectivity index (χ2n) is 17.5. The molecule has 3 aliphatic rings. The number of hydrogen-bond donors (Lipinski definition) is 2. The van der Waals surface area contributed by atoms with Gasteiger partial charge in [-0.15, -0.1) is 0 Å². The lowest BCUT2D eigenvalue weighted by Crippen LogP contribution is -2.58. The van der Waals surface area contributed by atoms with Gasteiger partial charge in [-0.05, 0) is 93.8 Å². The summed E-state index contributed by atoms with van der Waals surface area (Å²) in [6.45, 7) is 9.77. The number of pyridine rings is 1. The zero-order valence-corrected chi connectivity index (χ0v) is 36.5. The molecular formula is C47H54N8O6S. The summed E-state index contributed by atoms with van der Waals surface area (Å²) in [5.74, 6) is 1.05. The van der Waals surface area contributed by atoms with Crippen LogP contribution in [0.4, 0.5) is 10.7 Å². The van der Waals surface area contributed by atoms with E-state index >= 15 is 0 Å².